The Morgan fingerprint density at radius 2 is 2.12 bits per heavy atom. The van der Waals surface area contributed by atoms with Gasteiger partial charge < -0.3 is 10.1 Å². The van der Waals surface area contributed by atoms with Gasteiger partial charge in [-0.05, 0) is 25.3 Å². The normalized spacial score (nSPS) is 10.5. The molecule has 134 valence electrons. The molecule has 3 heterocycles. The maximum Gasteiger partial charge on any atom is 0.343 e. The Hall–Kier alpha value is -2.52. The lowest BCUT2D eigenvalue weighted by Crippen LogP contribution is -2.12. The van der Waals surface area contributed by atoms with Gasteiger partial charge in [0.25, 0.3) is 0 Å². The van der Waals surface area contributed by atoms with E-state index in [1.807, 2.05) is 23.8 Å². The molecule has 7 nitrogen and oxygen atoms in total. The number of aromatic nitrogens is 4. The van der Waals surface area contributed by atoms with Gasteiger partial charge in [0.1, 0.15) is 16.4 Å². The number of nitrogens with one attached hydrogen (secondary N) is 1. The SMILES string of the molecule is CCOC(=O)c1cnc(SC)nc1NCc1csc(-c2ccncc2)n1. The lowest BCUT2D eigenvalue weighted by molar-refractivity contribution is 0.0526. The maximum atomic E-state index is 12.1. The minimum atomic E-state index is -0.446. The van der Waals surface area contributed by atoms with Crippen LogP contribution in [0.4, 0.5) is 5.82 Å². The second-order valence-corrected chi connectivity index (χ2v) is 6.70. The molecule has 3 aromatic rings. The molecule has 0 unspecified atom stereocenters. The Morgan fingerprint density at radius 1 is 1.31 bits per heavy atom. The molecule has 0 fully saturated rings. The molecule has 0 atom stereocenters. The molecular weight excluding hydrogens is 370 g/mol. The lowest BCUT2D eigenvalue weighted by atomic mass is 10.3. The fourth-order valence-corrected chi connectivity index (χ4v) is 3.31. The summed E-state index contributed by atoms with van der Waals surface area (Å²) in [4.78, 5) is 29.3. The fraction of sp³-hybridized carbons (Fsp3) is 0.235. The molecule has 0 bridgehead atoms. The van der Waals surface area contributed by atoms with Gasteiger partial charge in [0, 0.05) is 29.5 Å². The topological polar surface area (TPSA) is 89.9 Å². The number of esters is 1. The summed E-state index contributed by atoms with van der Waals surface area (Å²) in [6.45, 7) is 2.50. The molecule has 26 heavy (non-hydrogen) atoms. The Kier molecular flexibility index (Phi) is 6.13. The molecule has 0 aliphatic rings. The van der Waals surface area contributed by atoms with Crippen molar-refractivity contribution in [2.75, 3.05) is 18.2 Å². The number of thioether (sulfide) groups is 1. The molecule has 0 saturated carbocycles. The van der Waals surface area contributed by atoms with Gasteiger partial charge in [0.15, 0.2) is 5.16 Å². The number of hydrogen-bond donors (Lipinski definition) is 1. The van der Waals surface area contributed by atoms with Crippen molar-refractivity contribution in [1.82, 2.24) is 19.9 Å². The van der Waals surface area contributed by atoms with Crippen LogP contribution >= 0.6 is 23.1 Å². The van der Waals surface area contributed by atoms with E-state index in [4.69, 9.17) is 4.74 Å². The molecule has 9 heteroatoms. The van der Waals surface area contributed by atoms with E-state index in [9.17, 15) is 4.79 Å². The second kappa shape index (κ2) is 8.72. The number of rotatable bonds is 7. The van der Waals surface area contributed by atoms with Gasteiger partial charge >= 0.3 is 5.97 Å². The van der Waals surface area contributed by atoms with Gasteiger partial charge in [-0.15, -0.1) is 11.3 Å². The number of pyridine rings is 1. The van der Waals surface area contributed by atoms with Crippen LogP contribution in [0.25, 0.3) is 10.6 Å². The van der Waals surface area contributed by atoms with E-state index >= 15 is 0 Å². The quantitative estimate of drug-likeness (QED) is 0.374. The third kappa shape index (κ3) is 4.36. The second-order valence-electron chi connectivity index (χ2n) is 5.07. The Morgan fingerprint density at radius 3 is 2.85 bits per heavy atom. The van der Waals surface area contributed by atoms with Crippen molar-refractivity contribution in [3.05, 3.63) is 47.4 Å². The van der Waals surface area contributed by atoms with Crippen LogP contribution in [-0.4, -0.2) is 38.8 Å². The predicted molar refractivity (Wildman–Crippen MR) is 102 cm³/mol. The van der Waals surface area contributed by atoms with Crippen molar-refractivity contribution in [2.24, 2.45) is 0 Å². The number of ether oxygens (including phenoxy) is 1. The van der Waals surface area contributed by atoms with Gasteiger partial charge in [-0.2, -0.15) is 0 Å². The summed E-state index contributed by atoms with van der Waals surface area (Å²) in [5.41, 5.74) is 2.20. The van der Waals surface area contributed by atoms with E-state index in [0.717, 1.165) is 16.3 Å². The van der Waals surface area contributed by atoms with Crippen LogP contribution < -0.4 is 5.32 Å². The molecule has 0 spiro atoms. The van der Waals surface area contributed by atoms with E-state index in [-0.39, 0.29) is 0 Å². The Balaban J connectivity index is 1.77. The largest absolute Gasteiger partial charge is 0.462 e. The highest BCUT2D eigenvalue weighted by Crippen LogP contribution is 2.24. The van der Waals surface area contributed by atoms with E-state index < -0.39 is 5.97 Å². The van der Waals surface area contributed by atoms with Crippen molar-refractivity contribution in [2.45, 2.75) is 18.6 Å². The zero-order valence-corrected chi connectivity index (χ0v) is 15.9. The molecular formula is C17H17N5O2S2. The zero-order valence-electron chi connectivity index (χ0n) is 14.3. The van der Waals surface area contributed by atoms with Gasteiger partial charge in [-0.25, -0.2) is 19.7 Å². The molecule has 0 aromatic carbocycles. The summed E-state index contributed by atoms with van der Waals surface area (Å²) in [6, 6.07) is 3.84. The van der Waals surface area contributed by atoms with Crippen molar-refractivity contribution in [3.63, 3.8) is 0 Å². The summed E-state index contributed by atoms with van der Waals surface area (Å²) in [6.07, 6.45) is 6.85. The van der Waals surface area contributed by atoms with Crippen molar-refractivity contribution < 1.29 is 9.53 Å². The summed E-state index contributed by atoms with van der Waals surface area (Å²) < 4.78 is 5.07. The van der Waals surface area contributed by atoms with Gasteiger partial charge in [0.05, 0.1) is 18.8 Å². The third-order valence-corrected chi connectivity index (χ3v) is 4.86. The van der Waals surface area contributed by atoms with E-state index in [1.165, 1.54) is 18.0 Å². The molecule has 0 saturated heterocycles. The highest BCUT2D eigenvalue weighted by Gasteiger charge is 2.16. The highest BCUT2D eigenvalue weighted by molar-refractivity contribution is 7.98. The third-order valence-electron chi connectivity index (χ3n) is 3.36. The van der Waals surface area contributed by atoms with Crippen molar-refractivity contribution in [1.29, 1.82) is 0 Å². The van der Waals surface area contributed by atoms with Crippen LogP contribution in [0.5, 0.6) is 0 Å². The first-order valence-corrected chi connectivity index (χ1v) is 9.98. The number of thiazole rings is 1. The monoisotopic (exact) mass is 387 g/mol. The predicted octanol–water partition coefficient (Wildman–Crippen LogP) is 3.51. The van der Waals surface area contributed by atoms with Gasteiger partial charge in [0.2, 0.25) is 0 Å². The summed E-state index contributed by atoms with van der Waals surface area (Å²) in [5.74, 6) is -0.000309. The van der Waals surface area contributed by atoms with Crippen LogP contribution in [-0.2, 0) is 11.3 Å². The molecule has 0 aliphatic carbocycles. The molecule has 3 aromatic heterocycles. The lowest BCUT2D eigenvalue weighted by Gasteiger charge is -2.10. The van der Waals surface area contributed by atoms with Crippen LogP contribution in [0, 0.1) is 0 Å². The molecule has 3 rings (SSSR count). The first-order chi connectivity index (χ1) is 12.7. The van der Waals surface area contributed by atoms with Crippen LogP contribution in [0.15, 0.2) is 41.3 Å². The number of carbonyl (C=O) groups is 1. The van der Waals surface area contributed by atoms with Gasteiger partial charge in [-0.1, -0.05) is 11.8 Å². The Bertz CT molecular complexity index is 886. The van der Waals surface area contributed by atoms with E-state index in [0.29, 0.717) is 29.7 Å². The van der Waals surface area contributed by atoms with Gasteiger partial charge in [-0.3, -0.25) is 4.98 Å². The minimum Gasteiger partial charge on any atom is -0.462 e. The molecule has 1 N–H and O–H groups in total. The smallest absolute Gasteiger partial charge is 0.343 e. The number of anilines is 1. The zero-order chi connectivity index (χ0) is 18.4. The minimum absolute atomic E-state index is 0.296. The molecule has 0 amide bonds. The standard InChI is InChI=1S/C17H17N5O2S2/c1-3-24-16(23)13-9-20-17(25-2)22-14(13)19-8-12-10-26-15(21-12)11-4-6-18-7-5-11/h4-7,9-10H,3,8H2,1-2H3,(H,19,20,22). The molecule has 0 radical (unpaired) electrons. The molecule has 0 aliphatic heterocycles. The fourth-order valence-electron chi connectivity index (χ4n) is 2.15. The number of nitrogens with zero attached hydrogens (tertiary/aromatic N) is 4. The van der Waals surface area contributed by atoms with Crippen LogP contribution in [0.2, 0.25) is 0 Å². The Labute approximate surface area is 159 Å². The number of carbonyl (C=O) groups excluding carboxylic acids is 1. The van der Waals surface area contributed by atoms with E-state index in [2.05, 4.69) is 25.3 Å². The van der Waals surface area contributed by atoms with Crippen molar-refractivity contribution >= 4 is 34.9 Å². The average Bonchev–Trinajstić information content (AvgIpc) is 3.16. The summed E-state index contributed by atoms with van der Waals surface area (Å²) in [7, 11) is 0. The summed E-state index contributed by atoms with van der Waals surface area (Å²) >= 11 is 2.96. The average molecular weight is 387 g/mol. The van der Waals surface area contributed by atoms with Crippen LogP contribution in [0.3, 0.4) is 0 Å². The maximum absolute atomic E-state index is 12.1. The van der Waals surface area contributed by atoms with Crippen molar-refractivity contribution in [3.8, 4) is 10.6 Å². The number of hydrogen-bond acceptors (Lipinski definition) is 9. The highest BCUT2D eigenvalue weighted by atomic mass is 32.2. The van der Waals surface area contributed by atoms with Crippen LogP contribution in [0.1, 0.15) is 23.0 Å². The van der Waals surface area contributed by atoms with E-state index in [1.54, 1.807) is 30.7 Å². The first kappa shape index (κ1) is 18.3. The first-order valence-electron chi connectivity index (χ1n) is 7.88. The summed E-state index contributed by atoms with van der Waals surface area (Å²) in [5, 5.41) is 6.65.